The Bertz CT molecular complexity index is 834. The summed E-state index contributed by atoms with van der Waals surface area (Å²) in [5.41, 5.74) is 1.40. The lowest BCUT2D eigenvalue weighted by atomic mass is 10.1. The van der Waals surface area contributed by atoms with Crippen LogP contribution >= 0.6 is 0 Å². The Hall–Kier alpha value is -3.15. The van der Waals surface area contributed by atoms with E-state index in [1.165, 1.54) is 7.11 Å². The highest BCUT2D eigenvalue weighted by Crippen LogP contribution is 2.31. The summed E-state index contributed by atoms with van der Waals surface area (Å²) < 4.78 is 22.1. The van der Waals surface area contributed by atoms with Crippen LogP contribution in [0.15, 0.2) is 49.1 Å². The molecule has 0 spiro atoms. The summed E-state index contributed by atoms with van der Waals surface area (Å²) in [5.74, 6) is 2.20. The van der Waals surface area contributed by atoms with E-state index in [1.807, 2.05) is 39.0 Å². The van der Waals surface area contributed by atoms with E-state index >= 15 is 0 Å². The van der Waals surface area contributed by atoms with Gasteiger partial charge >= 0.3 is 0 Å². The Morgan fingerprint density at radius 2 is 1.66 bits per heavy atom. The second-order valence-electron chi connectivity index (χ2n) is 6.23. The van der Waals surface area contributed by atoms with Crippen molar-refractivity contribution >= 4 is 5.91 Å². The summed E-state index contributed by atoms with van der Waals surface area (Å²) in [6, 6.07) is 10.5. The van der Waals surface area contributed by atoms with Crippen LogP contribution in [0, 0.1) is 0 Å². The molecule has 0 saturated carbocycles. The summed E-state index contributed by atoms with van der Waals surface area (Å²) in [5, 5.41) is 3.00. The zero-order valence-corrected chi connectivity index (χ0v) is 17.5. The fourth-order valence-corrected chi connectivity index (χ4v) is 2.78. The van der Waals surface area contributed by atoms with Gasteiger partial charge in [0, 0.05) is 5.56 Å². The molecule has 2 rings (SSSR count). The van der Waals surface area contributed by atoms with Crippen molar-refractivity contribution in [3.05, 3.63) is 60.2 Å². The number of rotatable bonds is 11. The molecule has 1 unspecified atom stereocenters. The van der Waals surface area contributed by atoms with Gasteiger partial charge in [-0.1, -0.05) is 18.7 Å². The fourth-order valence-electron chi connectivity index (χ4n) is 2.78. The van der Waals surface area contributed by atoms with E-state index in [4.69, 9.17) is 18.9 Å². The van der Waals surface area contributed by atoms with E-state index < -0.39 is 0 Å². The molecular formula is C23H29NO5. The lowest BCUT2D eigenvalue weighted by Gasteiger charge is -2.18. The smallest absolute Gasteiger partial charge is 0.251 e. The molecule has 156 valence electrons. The van der Waals surface area contributed by atoms with Crippen LogP contribution < -0.4 is 24.3 Å². The average molecular weight is 399 g/mol. The molecule has 0 aromatic heterocycles. The number of methoxy groups -OCH3 is 1. The molecule has 0 bridgehead atoms. The number of hydrogen-bond acceptors (Lipinski definition) is 5. The van der Waals surface area contributed by atoms with Gasteiger partial charge in [0.2, 0.25) is 0 Å². The van der Waals surface area contributed by atoms with Gasteiger partial charge < -0.3 is 24.3 Å². The minimum absolute atomic E-state index is 0.210. The molecule has 1 amide bonds. The number of hydrogen-bond donors (Lipinski definition) is 1. The molecule has 2 aromatic carbocycles. The van der Waals surface area contributed by atoms with E-state index in [2.05, 4.69) is 11.9 Å². The van der Waals surface area contributed by atoms with Crippen molar-refractivity contribution in [3.8, 4) is 23.0 Å². The molecular weight excluding hydrogens is 370 g/mol. The first-order chi connectivity index (χ1) is 14.0. The van der Waals surface area contributed by atoms with Gasteiger partial charge in [0.05, 0.1) is 26.4 Å². The molecule has 6 nitrogen and oxygen atoms in total. The third kappa shape index (κ3) is 5.91. The number of carbonyl (C=O) groups is 1. The molecule has 6 heteroatoms. The molecule has 29 heavy (non-hydrogen) atoms. The highest BCUT2D eigenvalue weighted by molar-refractivity contribution is 5.95. The molecule has 1 atom stereocenters. The predicted molar refractivity (Wildman–Crippen MR) is 113 cm³/mol. The number of ether oxygens (including phenoxy) is 4. The van der Waals surface area contributed by atoms with E-state index in [1.54, 1.807) is 24.3 Å². The van der Waals surface area contributed by atoms with Gasteiger partial charge in [0.1, 0.15) is 6.61 Å². The van der Waals surface area contributed by atoms with Crippen molar-refractivity contribution in [3.63, 3.8) is 0 Å². The molecule has 0 heterocycles. The number of benzene rings is 2. The summed E-state index contributed by atoms with van der Waals surface area (Å²) in [4.78, 5) is 12.7. The molecule has 0 aliphatic carbocycles. The van der Waals surface area contributed by atoms with Gasteiger partial charge in [-0.2, -0.15) is 0 Å². The molecule has 0 saturated heterocycles. The van der Waals surface area contributed by atoms with Crippen molar-refractivity contribution in [1.82, 2.24) is 5.32 Å². The second-order valence-corrected chi connectivity index (χ2v) is 6.23. The molecule has 2 aromatic rings. The van der Waals surface area contributed by atoms with Crippen LogP contribution in [0.2, 0.25) is 0 Å². The minimum Gasteiger partial charge on any atom is -0.493 e. The van der Waals surface area contributed by atoms with Gasteiger partial charge in [-0.15, -0.1) is 0 Å². The van der Waals surface area contributed by atoms with Crippen LogP contribution in [0.1, 0.15) is 42.7 Å². The van der Waals surface area contributed by atoms with E-state index in [9.17, 15) is 4.79 Å². The number of amides is 1. The Kier molecular flexibility index (Phi) is 8.40. The van der Waals surface area contributed by atoms with Gasteiger partial charge in [0.15, 0.2) is 23.0 Å². The SMILES string of the molecule is C=CCOc1ccc(C(=O)NC(C)c2ccc(OCC)c(OCC)c2)cc1OC. The first-order valence-electron chi connectivity index (χ1n) is 9.66. The number of carbonyl (C=O) groups excluding carboxylic acids is 1. The Morgan fingerprint density at radius 1 is 1.00 bits per heavy atom. The largest absolute Gasteiger partial charge is 0.493 e. The van der Waals surface area contributed by atoms with Crippen molar-refractivity contribution < 1.29 is 23.7 Å². The summed E-state index contributed by atoms with van der Waals surface area (Å²) in [6.07, 6.45) is 1.65. The average Bonchev–Trinajstić information content (AvgIpc) is 2.73. The highest BCUT2D eigenvalue weighted by atomic mass is 16.5. The molecule has 0 aliphatic heterocycles. The first kappa shape index (κ1) is 22.1. The van der Waals surface area contributed by atoms with E-state index in [0.717, 1.165) is 5.56 Å². The zero-order valence-electron chi connectivity index (χ0n) is 17.5. The first-order valence-corrected chi connectivity index (χ1v) is 9.66. The highest BCUT2D eigenvalue weighted by Gasteiger charge is 2.16. The maximum Gasteiger partial charge on any atom is 0.251 e. The topological polar surface area (TPSA) is 66.0 Å². The quantitative estimate of drug-likeness (QED) is 0.562. The normalized spacial score (nSPS) is 11.3. The lowest BCUT2D eigenvalue weighted by Crippen LogP contribution is -2.26. The van der Waals surface area contributed by atoms with Crippen molar-refractivity contribution in [2.45, 2.75) is 26.8 Å². The Morgan fingerprint density at radius 3 is 2.31 bits per heavy atom. The summed E-state index contributed by atoms with van der Waals surface area (Å²) >= 11 is 0. The van der Waals surface area contributed by atoms with E-state index in [-0.39, 0.29) is 11.9 Å². The van der Waals surface area contributed by atoms with Crippen LogP contribution in [-0.4, -0.2) is 32.8 Å². The van der Waals surface area contributed by atoms with Gasteiger partial charge in [-0.3, -0.25) is 4.79 Å². The predicted octanol–water partition coefficient (Wildman–Crippen LogP) is 4.55. The standard InChI is InChI=1S/C23H29NO5/c1-6-13-29-19-12-10-18(15-21(19)26-5)23(25)24-16(4)17-9-11-20(27-7-2)22(14-17)28-8-3/h6,9-12,14-16H,1,7-8,13H2,2-5H3,(H,24,25). The lowest BCUT2D eigenvalue weighted by molar-refractivity contribution is 0.0939. The van der Waals surface area contributed by atoms with Crippen LogP contribution in [0.5, 0.6) is 23.0 Å². The zero-order chi connectivity index (χ0) is 21.2. The van der Waals surface area contributed by atoms with Gasteiger partial charge in [-0.25, -0.2) is 0 Å². The van der Waals surface area contributed by atoms with Crippen molar-refractivity contribution in [2.75, 3.05) is 26.9 Å². The molecule has 1 N–H and O–H groups in total. The van der Waals surface area contributed by atoms with Gasteiger partial charge in [-0.05, 0) is 56.7 Å². The Labute approximate surface area is 172 Å². The fraction of sp³-hybridized carbons (Fsp3) is 0.348. The molecule has 0 radical (unpaired) electrons. The van der Waals surface area contributed by atoms with Crippen LogP contribution in [0.3, 0.4) is 0 Å². The summed E-state index contributed by atoms with van der Waals surface area (Å²) in [6.45, 7) is 10.8. The maximum atomic E-state index is 12.7. The monoisotopic (exact) mass is 399 g/mol. The van der Waals surface area contributed by atoms with Crippen molar-refractivity contribution in [1.29, 1.82) is 0 Å². The van der Waals surface area contributed by atoms with Crippen molar-refractivity contribution in [2.24, 2.45) is 0 Å². The second kappa shape index (κ2) is 11.0. The van der Waals surface area contributed by atoms with Crippen LogP contribution in [0.4, 0.5) is 0 Å². The minimum atomic E-state index is -0.222. The Balaban J connectivity index is 2.15. The molecule has 0 fully saturated rings. The third-order valence-electron chi connectivity index (χ3n) is 4.20. The number of nitrogens with one attached hydrogen (secondary N) is 1. The summed E-state index contributed by atoms with van der Waals surface area (Å²) in [7, 11) is 1.54. The van der Waals surface area contributed by atoms with Crippen LogP contribution in [-0.2, 0) is 0 Å². The third-order valence-corrected chi connectivity index (χ3v) is 4.20. The van der Waals surface area contributed by atoms with Gasteiger partial charge in [0.25, 0.3) is 5.91 Å². The van der Waals surface area contributed by atoms with E-state index in [0.29, 0.717) is 48.4 Å². The maximum absolute atomic E-state index is 12.7. The van der Waals surface area contributed by atoms with Crippen LogP contribution in [0.25, 0.3) is 0 Å². The molecule has 0 aliphatic rings.